The van der Waals surface area contributed by atoms with E-state index in [4.69, 9.17) is 14.5 Å². The maximum atomic E-state index is 5.40. The molecule has 0 saturated carbocycles. The average molecular weight is 417 g/mol. The number of guanidine groups is 1. The van der Waals surface area contributed by atoms with Crippen LogP contribution in [0.15, 0.2) is 40.7 Å². The highest BCUT2D eigenvalue weighted by atomic mass is 32.1. The van der Waals surface area contributed by atoms with Gasteiger partial charge in [-0.3, -0.25) is 4.90 Å². The molecule has 3 rings (SSSR count). The number of rotatable bonds is 9. The van der Waals surface area contributed by atoms with E-state index < -0.39 is 0 Å². The molecule has 29 heavy (non-hydrogen) atoms. The van der Waals surface area contributed by atoms with Crippen LogP contribution in [0.1, 0.15) is 36.2 Å². The number of benzene rings is 1. The predicted octanol–water partition coefficient (Wildman–Crippen LogP) is 3.66. The summed E-state index contributed by atoms with van der Waals surface area (Å²) in [5.74, 6) is 2.29. The molecule has 2 N–H and O–H groups in total. The number of ether oxygens (including phenoxy) is 2. The van der Waals surface area contributed by atoms with Crippen molar-refractivity contribution in [3.63, 3.8) is 0 Å². The van der Waals surface area contributed by atoms with E-state index in [0.717, 1.165) is 36.1 Å². The van der Waals surface area contributed by atoms with Crippen molar-refractivity contribution in [2.75, 3.05) is 40.4 Å². The Bertz CT molecular complexity index is 773. The van der Waals surface area contributed by atoms with Gasteiger partial charge in [0.2, 0.25) is 0 Å². The number of hydrogen-bond donors (Lipinski definition) is 2. The zero-order chi connectivity index (χ0) is 20.5. The maximum absolute atomic E-state index is 5.40. The number of methoxy groups -OCH3 is 2. The van der Waals surface area contributed by atoms with Crippen LogP contribution in [0.5, 0.6) is 11.5 Å². The molecule has 2 heterocycles. The molecule has 1 aromatic carbocycles. The van der Waals surface area contributed by atoms with E-state index in [1.807, 2.05) is 29.5 Å². The summed E-state index contributed by atoms with van der Waals surface area (Å²) in [5, 5.41) is 9.08. The minimum Gasteiger partial charge on any atom is -0.493 e. The van der Waals surface area contributed by atoms with E-state index in [1.165, 1.54) is 30.8 Å². The molecule has 1 aromatic heterocycles. The molecule has 1 atom stereocenters. The van der Waals surface area contributed by atoms with Crippen molar-refractivity contribution in [3.8, 4) is 11.5 Å². The highest BCUT2D eigenvalue weighted by molar-refractivity contribution is 7.10. The first-order valence-electron chi connectivity index (χ1n) is 10.3. The van der Waals surface area contributed by atoms with Gasteiger partial charge in [-0.05, 0) is 62.0 Å². The Morgan fingerprint density at radius 2 is 1.93 bits per heavy atom. The van der Waals surface area contributed by atoms with Crippen LogP contribution in [0.4, 0.5) is 0 Å². The molecule has 6 nitrogen and oxygen atoms in total. The van der Waals surface area contributed by atoms with Gasteiger partial charge in [0.05, 0.1) is 26.8 Å². The van der Waals surface area contributed by atoms with Crippen LogP contribution >= 0.6 is 11.3 Å². The molecule has 158 valence electrons. The lowest BCUT2D eigenvalue weighted by molar-refractivity contribution is 0.249. The van der Waals surface area contributed by atoms with E-state index in [-0.39, 0.29) is 0 Å². The Balaban J connectivity index is 1.67. The molecule has 1 fully saturated rings. The fourth-order valence-electron chi connectivity index (χ4n) is 3.63. The molecular formula is C22H32N4O2S. The Morgan fingerprint density at radius 3 is 2.59 bits per heavy atom. The minimum atomic E-state index is 0.391. The third-order valence-corrected chi connectivity index (χ3v) is 6.10. The number of likely N-dealkylation sites (tertiary alicyclic amines) is 1. The van der Waals surface area contributed by atoms with Gasteiger partial charge in [-0.1, -0.05) is 12.1 Å². The zero-order valence-electron chi connectivity index (χ0n) is 17.6. The zero-order valence-corrected chi connectivity index (χ0v) is 18.4. The largest absolute Gasteiger partial charge is 0.493 e. The third-order valence-electron chi connectivity index (χ3n) is 5.13. The predicted molar refractivity (Wildman–Crippen MR) is 120 cm³/mol. The fraction of sp³-hybridized carbons (Fsp3) is 0.500. The van der Waals surface area contributed by atoms with Crippen molar-refractivity contribution in [3.05, 3.63) is 46.2 Å². The molecule has 1 unspecified atom stereocenters. The standard InChI is InChI=1S/C22H32N4O2S/c1-4-23-22(24-15-17-9-10-19(27-2)20(14-17)28-3)25-16-18(21-8-7-13-29-21)26-11-5-6-12-26/h7-10,13-14,18H,4-6,11-12,15-16H2,1-3H3,(H2,23,24,25). The summed E-state index contributed by atoms with van der Waals surface area (Å²) >= 11 is 1.83. The van der Waals surface area contributed by atoms with Gasteiger partial charge in [-0.25, -0.2) is 4.99 Å². The lowest BCUT2D eigenvalue weighted by atomic mass is 10.2. The van der Waals surface area contributed by atoms with Crippen molar-refractivity contribution in [2.45, 2.75) is 32.4 Å². The summed E-state index contributed by atoms with van der Waals surface area (Å²) in [6.45, 7) is 6.67. The second-order valence-corrected chi connectivity index (χ2v) is 8.02. The molecule has 0 spiro atoms. The molecule has 0 aliphatic carbocycles. The van der Waals surface area contributed by atoms with Gasteiger partial charge in [0.15, 0.2) is 17.5 Å². The Kier molecular flexibility index (Phi) is 8.19. The highest BCUT2D eigenvalue weighted by Gasteiger charge is 2.24. The van der Waals surface area contributed by atoms with Crippen LogP contribution < -0.4 is 20.1 Å². The summed E-state index contributed by atoms with van der Waals surface area (Å²) in [6, 6.07) is 10.7. The second kappa shape index (κ2) is 11.1. The van der Waals surface area contributed by atoms with Gasteiger partial charge >= 0.3 is 0 Å². The van der Waals surface area contributed by atoms with Crippen LogP contribution in [0.2, 0.25) is 0 Å². The molecule has 7 heteroatoms. The normalized spacial score (nSPS) is 15.9. The molecule has 0 amide bonds. The first-order chi connectivity index (χ1) is 14.2. The Morgan fingerprint density at radius 1 is 1.14 bits per heavy atom. The number of nitrogens with one attached hydrogen (secondary N) is 2. The summed E-state index contributed by atoms with van der Waals surface area (Å²) in [5.41, 5.74) is 1.08. The monoisotopic (exact) mass is 416 g/mol. The van der Waals surface area contributed by atoms with Gasteiger partial charge in [-0.15, -0.1) is 11.3 Å². The van der Waals surface area contributed by atoms with Crippen molar-refractivity contribution in [1.82, 2.24) is 15.5 Å². The Labute approximate surface area is 177 Å². The van der Waals surface area contributed by atoms with Gasteiger partial charge in [-0.2, -0.15) is 0 Å². The van der Waals surface area contributed by atoms with Crippen molar-refractivity contribution >= 4 is 17.3 Å². The van der Waals surface area contributed by atoms with Crippen molar-refractivity contribution < 1.29 is 9.47 Å². The number of thiophene rings is 1. The van der Waals surface area contributed by atoms with Crippen LogP contribution in [0.3, 0.4) is 0 Å². The van der Waals surface area contributed by atoms with Crippen LogP contribution in [0.25, 0.3) is 0 Å². The minimum absolute atomic E-state index is 0.391. The molecular weight excluding hydrogens is 384 g/mol. The Hall–Kier alpha value is -2.25. The van der Waals surface area contributed by atoms with E-state index in [9.17, 15) is 0 Å². The van der Waals surface area contributed by atoms with E-state index in [2.05, 4.69) is 40.0 Å². The first kappa shape index (κ1) is 21.5. The molecule has 0 radical (unpaired) electrons. The van der Waals surface area contributed by atoms with Gasteiger partial charge in [0.25, 0.3) is 0 Å². The van der Waals surface area contributed by atoms with E-state index in [0.29, 0.717) is 12.6 Å². The second-order valence-electron chi connectivity index (χ2n) is 7.04. The van der Waals surface area contributed by atoms with Crippen LogP contribution in [-0.4, -0.2) is 51.3 Å². The summed E-state index contributed by atoms with van der Waals surface area (Å²) in [7, 11) is 3.30. The average Bonchev–Trinajstić information content (AvgIpc) is 3.46. The molecule has 2 aromatic rings. The summed E-state index contributed by atoms with van der Waals surface area (Å²) in [4.78, 5) is 8.77. The molecule has 1 saturated heterocycles. The molecule has 1 aliphatic rings. The molecule has 0 bridgehead atoms. The molecule has 1 aliphatic heterocycles. The number of aliphatic imine (C=N–C) groups is 1. The quantitative estimate of drug-likeness (QED) is 0.483. The van der Waals surface area contributed by atoms with Gasteiger partial charge in [0.1, 0.15) is 0 Å². The number of hydrogen-bond acceptors (Lipinski definition) is 5. The smallest absolute Gasteiger partial charge is 0.191 e. The van der Waals surface area contributed by atoms with Crippen molar-refractivity contribution in [2.24, 2.45) is 4.99 Å². The topological polar surface area (TPSA) is 58.1 Å². The van der Waals surface area contributed by atoms with Crippen LogP contribution in [-0.2, 0) is 6.54 Å². The third kappa shape index (κ3) is 5.87. The summed E-state index contributed by atoms with van der Waals surface area (Å²) < 4.78 is 10.7. The van der Waals surface area contributed by atoms with Crippen molar-refractivity contribution in [1.29, 1.82) is 0 Å². The fourth-order valence-corrected chi connectivity index (χ4v) is 4.49. The van der Waals surface area contributed by atoms with E-state index in [1.54, 1.807) is 14.2 Å². The SMILES string of the molecule is CCNC(=NCc1ccc(OC)c(OC)c1)NCC(c1cccs1)N1CCCC1. The summed E-state index contributed by atoms with van der Waals surface area (Å²) in [6.07, 6.45) is 2.57. The van der Waals surface area contributed by atoms with E-state index >= 15 is 0 Å². The first-order valence-corrected chi connectivity index (χ1v) is 11.1. The number of nitrogens with zero attached hydrogens (tertiary/aromatic N) is 2. The lowest BCUT2D eigenvalue weighted by Crippen LogP contribution is -2.42. The lowest BCUT2D eigenvalue weighted by Gasteiger charge is -2.27. The van der Waals surface area contributed by atoms with Crippen LogP contribution in [0, 0.1) is 0 Å². The van der Waals surface area contributed by atoms with Gasteiger partial charge in [0, 0.05) is 18.0 Å². The maximum Gasteiger partial charge on any atom is 0.191 e. The van der Waals surface area contributed by atoms with Gasteiger partial charge < -0.3 is 20.1 Å². The highest BCUT2D eigenvalue weighted by Crippen LogP contribution is 2.29.